The number of benzene rings is 2. The van der Waals surface area contributed by atoms with Gasteiger partial charge in [0.25, 0.3) is 0 Å². The molecule has 0 bridgehead atoms. The van der Waals surface area contributed by atoms with Gasteiger partial charge in [-0.05, 0) is 42.3 Å². The summed E-state index contributed by atoms with van der Waals surface area (Å²) in [6, 6.07) is 16.5. The zero-order valence-corrected chi connectivity index (χ0v) is 16.2. The zero-order valence-electron chi connectivity index (χ0n) is 16.2. The van der Waals surface area contributed by atoms with Crippen molar-refractivity contribution in [2.45, 2.75) is 38.3 Å². The van der Waals surface area contributed by atoms with Crippen molar-refractivity contribution in [3.63, 3.8) is 0 Å². The van der Waals surface area contributed by atoms with E-state index in [1.807, 2.05) is 31.2 Å². The molecule has 2 heterocycles. The Morgan fingerprint density at radius 3 is 2.63 bits per heavy atom. The molecule has 140 valence electrons. The molecule has 2 aromatic carbocycles. The largest absolute Gasteiger partial charge is 0.494 e. The first-order valence-electron chi connectivity index (χ1n) is 9.58. The first kappa shape index (κ1) is 17.7. The molecule has 1 saturated heterocycles. The predicted molar refractivity (Wildman–Crippen MR) is 109 cm³/mol. The normalized spacial score (nSPS) is 23.1. The van der Waals surface area contributed by atoms with Crippen molar-refractivity contribution >= 4 is 17.7 Å². The number of carbonyl (C=O) groups is 1. The van der Waals surface area contributed by atoms with Crippen LogP contribution in [0.5, 0.6) is 5.75 Å². The van der Waals surface area contributed by atoms with Gasteiger partial charge in [-0.15, -0.1) is 0 Å². The Balaban J connectivity index is 1.74. The van der Waals surface area contributed by atoms with Gasteiger partial charge in [-0.3, -0.25) is 4.79 Å². The van der Waals surface area contributed by atoms with E-state index in [2.05, 4.69) is 60.5 Å². The zero-order chi connectivity index (χ0) is 19.1. The Labute approximate surface area is 160 Å². The molecule has 0 aromatic heterocycles. The van der Waals surface area contributed by atoms with Crippen LogP contribution in [0, 0.1) is 0 Å². The van der Waals surface area contributed by atoms with Crippen molar-refractivity contribution in [3.05, 3.63) is 65.7 Å². The number of amides is 1. The molecule has 0 radical (unpaired) electrons. The number of hydrogen-bond acceptors (Lipinski definition) is 3. The minimum Gasteiger partial charge on any atom is -0.494 e. The average Bonchev–Trinajstić information content (AvgIpc) is 2.86. The van der Waals surface area contributed by atoms with Crippen LogP contribution in [-0.2, 0) is 10.2 Å². The van der Waals surface area contributed by atoms with Crippen LogP contribution in [0.15, 0.2) is 54.6 Å². The molecule has 0 spiro atoms. The van der Waals surface area contributed by atoms with E-state index in [9.17, 15) is 4.79 Å². The van der Waals surface area contributed by atoms with Gasteiger partial charge in [0.05, 0.1) is 6.61 Å². The Kier molecular flexibility index (Phi) is 4.22. The Morgan fingerprint density at radius 2 is 1.89 bits per heavy atom. The van der Waals surface area contributed by atoms with Crippen LogP contribution in [0.3, 0.4) is 0 Å². The molecule has 1 fully saturated rings. The lowest BCUT2D eigenvalue weighted by Gasteiger charge is -2.49. The third-order valence-corrected chi connectivity index (χ3v) is 5.85. The molecule has 2 aliphatic heterocycles. The van der Waals surface area contributed by atoms with Crippen LogP contribution >= 0.6 is 0 Å². The van der Waals surface area contributed by atoms with Gasteiger partial charge in [-0.2, -0.15) is 0 Å². The SMILES string of the molecule is CCOc1ccc(/C=C/[C@]23NC(=O)CCN2c2ccccc2C3(C)C)cc1. The number of fused-ring (bicyclic) bond motifs is 3. The number of anilines is 1. The summed E-state index contributed by atoms with van der Waals surface area (Å²) in [5.41, 5.74) is 2.74. The number of nitrogens with one attached hydrogen (secondary N) is 1. The molecule has 4 rings (SSSR count). The van der Waals surface area contributed by atoms with Gasteiger partial charge < -0.3 is 15.0 Å². The van der Waals surface area contributed by atoms with Crippen LogP contribution in [0.25, 0.3) is 6.08 Å². The van der Waals surface area contributed by atoms with Crippen molar-refractivity contribution in [3.8, 4) is 5.75 Å². The van der Waals surface area contributed by atoms with Crippen molar-refractivity contribution in [1.82, 2.24) is 5.32 Å². The van der Waals surface area contributed by atoms with E-state index >= 15 is 0 Å². The summed E-state index contributed by atoms with van der Waals surface area (Å²) in [7, 11) is 0. The molecule has 1 amide bonds. The third kappa shape index (κ3) is 2.71. The van der Waals surface area contributed by atoms with Crippen LogP contribution < -0.4 is 15.0 Å². The maximum atomic E-state index is 12.4. The second-order valence-electron chi connectivity index (χ2n) is 7.69. The fourth-order valence-electron chi connectivity index (χ4n) is 4.38. The van der Waals surface area contributed by atoms with E-state index in [-0.39, 0.29) is 11.3 Å². The monoisotopic (exact) mass is 362 g/mol. The number of nitrogens with zero attached hydrogens (tertiary/aromatic N) is 1. The standard InChI is InChI=1S/C23H26N2O2/c1-4-27-18-11-9-17(10-12-18)13-15-23-22(2,3)19-7-5-6-8-20(19)25(23)16-14-21(26)24-23/h5-13,15H,4,14,16H2,1-3H3,(H,24,26)/b15-13+/t23-/m0/s1. The lowest BCUT2D eigenvalue weighted by molar-refractivity contribution is -0.124. The van der Waals surface area contributed by atoms with Crippen LogP contribution in [-0.4, -0.2) is 24.7 Å². The van der Waals surface area contributed by atoms with E-state index in [4.69, 9.17) is 4.74 Å². The Morgan fingerprint density at radius 1 is 1.15 bits per heavy atom. The summed E-state index contributed by atoms with van der Waals surface area (Å²) in [5, 5.41) is 3.31. The average molecular weight is 362 g/mol. The van der Waals surface area contributed by atoms with Gasteiger partial charge in [0.1, 0.15) is 11.4 Å². The van der Waals surface area contributed by atoms with Gasteiger partial charge in [-0.1, -0.05) is 50.3 Å². The maximum absolute atomic E-state index is 12.4. The van der Waals surface area contributed by atoms with Gasteiger partial charge in [0.2, 0.25) is 5.91 Å². The summed E-state index contributed by atoms with van der Waals surface area (Å²) in [6.07, 6.45) is 4.77. The summed E-state index contributed by atoms with van der Waals surface area (Å²) in [6.45, 7) is 7.78. The molecular weight excluding hydrogens is 336 g/mol. The molecule has 0 aliphatic carbocycles. The van der Waals surface area contributed by atoms with E-state index in [0.29, 0.717) is 13.0 Å². The van der Waals surface area contributed by atoms with Gasteiger partial charge >= 0.3 is 0 Å². The maximum Gasteiger partial charge on any atom is 0.223 e. The lowest BCUT2D eigenvalue weighted by atomic mass is 9.74. The first-order valence-corrected chi connectivity index (χ1v) is 9.58. The lowest BCUT2D eigenvalue weighted by Crippen LogP contribution is -2.68. The van der Waals surface area contributed by atoms with Crippen molar-refractivity contribution in [2.75, 3.05) is 18.1 Å². The highest BCUT2D eigenvalue weighted by atomic mass is 16.5. The topological polar surface area (TPSA) is 41.6 Å². The quantitative estimate of drug-likeness (QED) is 0.890. The molecule has 2 aliphatic rings. The fourth-order valence-corrected chi connectivity index (χ4v) is 4.38. The van der Waals surface area contributed by atoms with E-state index in [1.54, 1.807) is 0 Å². The molecule has 4 nitrogen and oxygen atoms in total. The summed E-state index contributed by atoms with van der Waals surface area (Å²) in [5.74, 6) is 0.970. The molecule has 27 heavy (non-hydrogen) atoms. The number of para-hydroxylation sites is 1. The van der Waals surface area contributed by atoms with Gasteiger partial charge in [0.15, 0.2) is 0 Å². The van der Waals surface area contributed by atoms with E-state index in [1.165, 1.54) is 11.3 Å². The molecular formula is C23H26N2O2. The summed E-state index contributed by atoms with van der Waals surface area (Å²) < 4.78 is 5.52. The van der Waals surface area contributed by atoms with E-state index in [0.717, 1.165) is 17.9 Å². The number of rotatable bonds is 4. The van der Waals surface area contributed by atoms with Crippen molar-refractivity contribution in [2.24, 2.45) is 0 Å². The second kappa shape index (κ2) is 6.45. The van der Waals surface area contributed by atoms with Crippen molar-refractivity contribution in [1.29, 1.82) is 0 Å². The third-order valence-electron chi connectivity index (χ3n) is 5.85. The number of carbonyl (C=O) groups excluding carboxylic acids is 1. The number of ether oxygens (including phenoxy) is 1. The molecule has 1 atom stereocenters. The highest BCUT2D eigenvalue weighted by Crippen LogP contribution is 2.52. The fraction of sp³-hybridized carbons (Fsp3) is 0.348. The Hall–Kier alpha value is -2.75. The molecule has 2 aromatic rings. The summed E-state index contributed by atoms with van der Waals surface area (Å²) >= 11 is 0. The Bertz CT molecular complexity index is 886. The smallest absolute Gasteiger partial charge is 0.223 e. The van der Waals surface area contributed by atoms with Crippen LogP contribution in [0.2, 0.25) is 0 Å². The second-order valence-corrected chi connectivity index (χ2v) is 7.69. The number of hydrogen-bond donors (Lipinski definition) is 1. The van der Waals surface area contributed by atoms with Crippen molar-refractivity contribution < 1.29 is 9.53 Å². The summed E-state index contributed by atoms with van der Waals surface area (Å²) in [4.78, 5) is 14.7. The highest BCUT2D eigenvalue weighted by Gasteiger charge is 2.57. The van der Waals surface area contributed by atoms with Gasteiger partial charge in [0, 0.05) is 24.1 Å². The minimum absolute atomic E-state index is 0.100. The molecule has 0 unspecified atom stereocenters. The molecule has 4 heteroatoms. The first-order chi connectivity index (χ1) is 13.0. The van der Waals surface area contributed by atoms with E-state index < -0.39 is 5.66 Å². The molecule has 0 saturated carbocycles. The van der Waals surface area contributed by atoms with Crippen LogP contribution in [0.4, 0.5) is 5.69 Å². The van der Waals surface area contributed by atoms with Crippen LogP contribution in [0.1, 0.15) is 38.3 Å². The predicted octanol–water partition coefficient (Wildman–Crippen LogP) is 4.11. The highest BCUT2D eigenvalue weighted by molar-refractivity contribution is 5.84. The van der Waals surface area contributed by atoms with Gasteiger partial charge in [-0.25, -0.2) is 0 Å². The molecule has 1 N–H and O–H groups in total. The minimum atomic E-state index is -0.565.